The van der Waals surface area contributed by atoms with Gasteiger partial charge in [-0.05, 0) is 30.5 Å². The quantitative estimate of drug-likeness (QED) is 0.597. The number of aliphatic imine (C=N–C) groups is 1. The van der Waals surface area contributed by atoms with Gasteiger partial charge in [-0.3, -0.25) is 0 Å². The van der Waals surface area contributed by atoms with Crippen LogP contribution in [0.5, 0.6) is 0 Å². The summed E-state index contributed by atoms with van der Waals surface area (Å²) in [6.07, 6.45) is 3.45. The first kappa shape index (κ1) is 11.2. The van der Waals surface area contributed by atoms with Crippen molar-refractivity contribution in [3.8, 4) is 0 Å². The standard InChI is InChI=1S/C12H13ClN2O/c1-15(2)11-4-3-9(7-10(11)13)12(5-6-12)14-8-16/h3-4,7H,5-6H2,1-2H3. The van der Waals surface area contributed by atoms with E-state index in [1.54, 1.807) is 6.08 Å². The van der Waals surface area contributed by atoms with E-state index in [2.05, 4.69) is 4.99 Å². The van der Waals surface area contributed by atoms with Crippen LogP contribution in [0.15, 0.2) is 23.2 Å². The van der Waals surface area contributed by atoms with Gasteiger partial charge in [0.25, 0.3) is 0 Å². The SMILES string of the molecule is CN(C)c1ccc(C2(N=C=O)CC2)cc1Cl. The Morgan fingerprint density at radius 3 is 2.56 bits per heavy atom. The summed E-state index contributed by atoms with van der Waals surface area (Å²) < 4.78 is 0. The molecule has 1 aliphatic carbocycles. The second-order valence-corrected chi connectivity index (χ2v) is 4.70. The summed E-state index contributed by atoms with van der Waals surface area (Å²) in [4.78, 5) is 16.2. The molecule has 0 atom stereocenters. The molecule has 0 N–H and O–H groups in total. The molecule has 1 aromatic rings. The highest BCUT2D eigenvalue weighted by atomic mass is 35.5. The summed E-state index contributed by atoms with van der Waals surface area (Å²) >= 11 is 6.18. The molecule has 0 bridgehead atoms. The third-order valence-corrected chi connectivity index (χ3v) is 3.25. The third kappa shape index (κ3) is 1.84. The van der Waals surface area contributed by atoms with E-state index >= 15 is 0 Å². The lowest BCUT2D eigenvalue weighted by molar-refractivity contribution is 0.556. The summed E-state index contributed by atoms with van der Waals surface area (Å²) in [6.45, 7) is 0. The molecule has 0 heterocycles. The Morgan fingerprint density at radius 1 is 1.44 bits per heavy atom. The van der Waals surface area contributed by atoms with Gasteiger partial charge in [-0.2, -0.15) is 4.99 Å². The zero-order chi connectivity index (χ0) is 11.8. The van der Waals surface area contributed by atoms with Crippen molar-refractivity contribution in [1.82, 2.24) is 0 Å². The fraction of sp³-hybridized carbons (Fsp3) is 0.417. The van der Waals surface area contributed by atoms with Crippen molar-refractivity contribution < 1.29 is 4.79 Å². The molecular formula is C12H13ClN2O. The summed E-state index contributed by atoms with van der Waals surface area (Å²) in [7, 11) is 3.88. The topological polar surface area (TPSA) is 32.7 Å². The maximum Gasteiger partial charge on any atom is 0.235 e. The molecule has 1 saturated carbocycles. The van der Waals surface area contributed by atoms with Crippen molar-refractivity contribution in [2.75, 3.05) is 19.0 Å². The van der Waals surface area contributed by atoms with Crippen molar-refractivity contribution >= 4 is 23.4 Å². The molecule has 0 aromatic heterocycles. The second-order valence-electron chi connectivity index (χ2n) is 4.30. The van der Waals surface area contributed by atoms with Gasteiger partial charge in [0.05, 0.1) is 16.2 Å². The van der Waals surface area contributed by atoms with Crippen molar-refractivity contribution in [2.45, 2.75) is 18.4 Å². The zero-order valence-electron chi connectivity index (χ0n) is 9.33. The Balaban J connectivity index is 2.39. The van der Waals surface area contributed by atoms with E-state index in [1.165, 1.54) is 0 Å². The lowest BCUT2D eigenvalue weighted by Gasteiger charge is -2.16. The Labute approximate surface area is 99.7 Å². The minimum Gasteiger partial charge on any atom is -0.376 e. The number of halogens is 1. The number of hydrogen-bond donors (Lipinski definition) is 0. The van der Waals surface area contributed by atoms with Crippen LogP contribution in [0.2, 0.25) is 5.02 Å². The molecule has 0 aliphatic heterocycles. The molecule has 1 aliphatic rings. The van der Waals surface area contributed by atoms with Gasteiger partial charge in [0.15, 0.2) is 0 Å². The highest BCUT2D eigenvalue weighted by molar-refractivity contribution is 6.33. The molecule has 0 radical (unpaired) electrons. The van der Waals surface area contributed by atoms with E-state index < -0.39 is 0 Å². The average Bonchev–Trinajstić information content (AvgIpc) is 2.99. The van der Waals surface area contributed by atoms with Gasteiger partial charge >= 0.3 is 0 Å². The molecule has 2 rings (SSSR count). The largest absolute Gasteiger partial charge is 0.376 e. The van der Waals surface area contributed by atoms with E-state index in [4.69, 9.17) is 11.6 Å². The van der Waals surface area contributed by atoms with Crippen LogP contribution in [0.25, 0.3) is 0 Å². The number of carbonyl (C=O) groups excluding carboxylic acids is 1. The van der Waals surface area contributed by atoms with Gasteiger partial charge in [0, 0.05) is 14.1 Å². The van der Waals surface area contributed by atoms with Crippen LogP contribution in [0, 0.1) is 0 Å². The normalized spacial score (nSPS) is 16.4. The molecule has 84 valence electrons. The van der Waals surface area contributed by atoms with Gasteiger partial charge in [-0.15, -0.1) is 0 Å². The van der Waals surface area contributed by atoms with E-state index in [1.807, 2.05) is 37.2 Å². The first-order valence-electron chi connectivity index (χ1n) is 5.15. The van der Waals surface area contributed by atoms with Gasteiger partial charge < -0.3 is 4.90 Å². The Hall–Kier alpha value is -1.31. The molecule has 3 nitrogen and oxygen atoms in total. The molecule has 0 unspecified atom stereocenters. The number of anilines is 1. The zero-order valence-corrected chi connectivity index (χ0v) is 10.1. The minimum atomic E-state index is -0.337. The predicted octanol–water partition coefficient (Wildman–Crippen LogP) is 2.73. The Bertz CT molecular complexity index is 460. The predicted molar refractivity (Wildman–Crippen MR) is 64.8 cm³/mol. The highest BCUT2D eigenvalue weighted by Crippen LogP contribution is 2.50. The molecule has 0 amide bonds. The fourth-order valence-corrected chi connectivity index (χ4v) is 2.18. The lowest BCUT2D eigenvalue weighted by Crippen LogP contribution is -2.10. The van der Waals surface area contributed by atoms with Crippen LogP contribution in [-0.4, -0.2) is 20.2 Å². The van der Waals surface area contributed by atoms with Crippen LogP contribution in [0.1, 0.15) is 18.4 Å². The second kappa shape index (κ2) is 3.93. The molecule has 0 spiro atoms. The Kier molecular flexibility index (Phi) is 2.75. The van der Waals surface area contributed by atoms with Crippen LogP contribution in [-0.2, 0) is 10.3 Å². The fourth-order valence-electron chi connectivity index (χ4n) is 1.83. The van der Waals surface area contributed by atoms with Crippen LogP contribution < -0.4 is 4.90 Å². The van der Waals surface area contributed by atoms with Crippen LogP contribution in [0.3, 0.4) is 0 Å². The molecular weight excluding hydrogens is 224 g/mol. The molecule has 1 fully saturated rings. The van der Waals surface area contributed by atoms with E-state index in [-0.39, 0.29) is 5.54 Å². The third-order valence-electron chi connectivity index (χ3n) is 2.95. The average molecular weight is 237 g/mol. The number of nitrogens with zero attached hydrogens (tertiary/aromatic N) is 2. The summed E-state index contributed by atoms with van der Waals surface area (Å²) in [5, 5.41) is 0.690. The number of hydrogen-bond acceptors (Lipinski definition) is 3. The summed E-state index contributed by atoms with van der Waals surface area (Å²) in [6, 6.07) is 5.83. The van der Waals surface area contributed by atoms with E-state index in [0.29, 0.717) is 5.02 Å². The molecule has 0 saturated heterocycles. The molecule has 1 aromatic carbocycles. The van der Waals surface area contributed by atoms with E-state index in [0.717, 1.165) is 24.1 Å². The smallest absolute Gasteiger partial charge is 0.235 e. The van der Waals surface area contributed by atoms with Crippen molar-refractivity contribution in [3.05, 3.63) is 28.8 Å². The minimum absolute atomic E-state index is 0.337. The van der Waals surface area contributed by atoms with Gasteiger partial charge in [0.2, 0.25) is 6.08 Å². The maximum atomic E-state index is 10.4. The van der Waals surface area contributed by atoms with Crippen molar-refractivity contribution in [1.29, 1.82) is 0 Å². The van der Waals surface area contributed by atoms with Crippen LogP contribution >= 0.6 is 11.6 Å². The number of benzene rings is 1. The Morgan fingerprint density at radius 2 is 2.12 bits per heavy atom. The van der Waals surface area contributed by atoms with Crippen molar-refractivity contribution in [3.63, 3.8) is 0 Å². The monoisotopic (exact) mass is 236 g/mol. The highest BCUT2D eigenvalue weighted by Gasteiger charge is 2.45. The van der Waals surface area contributed by atoms with E-state index in [9.17, 15) is 4.79 Å². The van der Waals surface area contributed by atoms with Gasteiger partial charge in [-0.1, -0.05) is 17.7 Å². The first-order chi connectivity index (χ1) is 7.59. The summed E-state index contributed by atoms with van der Waals surface area (Å²) in [5.74, 6) is 0. The van der Waals surface area contributed by atoms with Gasteiger partial charge in [-0.25, -0.2) is 4.79 Å². The number of isocyanates is 1. The van der Waals surface area contributed by atoms with Crippen LogP contribution in [0.4, 0.5) is 5.69 Å². The van der Waals surface area contributed by atoms with Gasteiger partial charge in [0.1, 0.15) is 0 Å². The molecule has 4 heteroatoms. The first-order valence-corrected chi connectivity index (χ1v) is 5.53. The summed E-state index contributed by atoms with van der Waals surface area (Å²) in [5.41, 5.74) is 1.64. The lowest BCUT2D eigenvalue weighted by atomic mass is 10.1. The number of rotatable bonds is 3. The maximum absolute atomic E-state index is 10.4. The van der Waals surface area contributed by atoms with Crippen molar-refractivity contribution in [2.24, 2.45) is 4.99 Å². The molecule has 16 heavy (non-hydrogen) atoms.